The molecule has 0 amide bonds. The van der Waals surface area contributed by atoms with Gasteiger partial charge in [-0.05, 0) is 41.1 Å². The summed E-state index contributed by atoms with van der Waals surface area (Å²) in [4.78, 5) is 4.35. The Morgan fingerprint density at radius 2 is 1.86 bits per heavy atom. The minimum absolute atomic E-state index is 0.221. The van der Waals surface area contributed by atoms with Crippen LogP contribution in [0.3, 0.4) is 0 Å². The van der Waals surface area contributed by atoms with Crippen molar-refractivity contribution in [1.82, 2.24) is 8.96 Å². The number of aryl methyl sites for hydroxylation is 1. The van der Waals surface area contributed by atoms with Gasteiger partial charge in [0, 0.05) is 22.3 Å². The van der Waals surface area contributed by atoms with E-state index in [4.69, 9.17) is 11.6 Å². The van der Waals surface area contributed by atoms with Crippen LogP contribution in [-0.2, 0) is 10.0 Å². The SMILES string of the molecule is Cc1ccc(S(=O)(=O)n2ccc3c(Br)c(Cl)cnc32)cc1. The fourth-order valence-electron chi connectivity index (χ4n) is 2.02. The van der Waals surface area contributed by atoms with Crippen molar-refractivity contribution in [3.8, 4) is 0 Å². The van der Waals surface area contributed by atoms with Crippen molar-refractivity contribution in [2.24, 2.45) is 0 Å². The molecule has 2 heterocycles. The summed E-state index contributed by atoms with van der Waals surface area (Å²) in [5.41, 5.74) is 1.34. The number of pyridine rings is 1. The van der Waals surface area contributed by atoms with Crippen molar-refractivity contribution in [1.29, 1.82) is 0 Å². The molecule has 21 heavy (non-hydrogen) atoms. The molecule has 0 saturated heterocycles. The lowest BCUT2D eigenvalue weighted by Crippen LogP contribution is -2.12. The van der Waals surface area contributed by atoms with Crippen LogP contribution in [0.1, 0.15) is 5.56 Å². The third-order valence-electron chi connectivity index (χ3n) is 3.15. The number of nitrogens with zero attached hydrogens (tertiary/aromatic N) is 2. The smallest absolute Gasteiger partial charge is 0.236 e. The molecule has 0 unspecified atom stereocenters. The first-order valence-corrected chi connectivity index (χ1v) is 8.65. The van der Waals surface area contributed by atoms with Gasteiger partial charge in [0.05, 0.1) is 9.92 Å². The van der Waals surface area contributed by atoms with E-state index in [0.29, 0.717) is 20.5 Å². The Hall–Kier alpha value is -1.37. The van der Waals surface area contributed by atoms with E-state index < -0.39 is 10.0 Å². The fraction of sp³-hybridized carbons (Fsp3) is 0.0714. The topological polar surface area (TPSA) is 52.0 Å². The molecule has 108 valence electrons. The predicted octanol–water partition coefficient (Wildman–Crippen LogP) is 4.00. The lowest BCUT2D eigenvalue weighted by Gasteiger charge is -2.07. The largest absolute Gasteiger partial charge is 0.269 e. The van der Waals surface area contributed by atoms with E-state index in [1.807, 2.05) is 6.92 Å². The highest BCUT2D eigenvalue weighted by molar-refractivity contribution is 9.10. The maximum absolute atomic E-state index is 12.7. The molecule has 0 bridgehead atoms. The van der Waals surface area contributed by atoms with Gasteiger partial charge < -0.3 is 0 Å². The Kier molecular flexibility index (Phi) is 3.55. The number of hydrogen-bond acceptors (Lipinski definition) is 3. The van der Waals surface area contributed by atoms with Gasteiger partial charge in [0.15, 0.2) is 5.65 Å². The third-order valence-corrected chi connectivity index (χ3v) is 6.20. The highest BCUT2D eigenvalue weighted by Gasteiger charge is 2.20. The van der Waals surface area contributed by atoms with Crippen molar-refractivity contribution >= 4 is 48.6 Å². The molecule has 0 atom stereocenters. The average Bonchev–Trinajstić information content (AvgIpc) is 2.89. The summed E-state index contributed by atoms with van der Waals surface area (Å²) in [6.07, 6.45) is 2.91. The van der Waals surface area contributed by atoms with E-state index in [9.17, 15) is 8.42 Å². The minimum Gasteiger partial charge on any atom is -0.236 e. The Labute approximate surface area is 135 Å². The van der Waals surface area contributed by atoms with Gasteiger partial charge in [0.2, 0.25) is 0 Å². The van der Waals surface area contributed by atoms with Crippen LogP contribution in [0.25, 0.3) is 11.0 Å². The lowest BCUT2D eigenvalue weighted by atomic mass is 10.2. The summed E-state index contributed by atoms with van der Waals surface area (Å²) in [6, 6.07) is 8.37. The normalized spacial score (nSPS) is 12.0. The van der Waals surface area contributed by atoms with E-state index in [1.165, 1.54) is 12.4 Å². The zero-order chi connectivity index (χ0) is 15.2. The van der Waals surface area contributed by atoms with Crippen LogP contribution >= 0.6 is 27.5 Å². The Bertz CT molecular complexity index is 934. The maximum atomic E-state index is 12.7. The van der Waals surface area contributed by atoms with Crippen molar-refractivity contribution in [3.05, 3.63) is 57.8 Å². The van der Waals surface area contributed by atoms with Gasteiger partial charge in [0.25, 0.3) is 10.0 Å². The van der Waals surface area contributed by atoms with Crippen LogP contribution in [-0.4, -0.2) is 17.4 Å². The molecule has 3 aromatic rings. The number of fused-ring (bicyclic) bond motifs is 1. The number of aromatic nitrogens is 2. The minimum atomic E-state index is -3.68. The van der Waals surface area contributed by atoms with Crippen LogP contribution in [0.2, 0.25) is 5.02 Å². The molecule has 0 spiro atoms. The molecule has 4 nitrogen and oxygen atoms in total. The molecular weight excluding hydrogens is 376 g/mol. The highest BCUT2D eigenvalue weighted by Crippen LogP contribution is 2.31. The summed E-state index contributed by atoms with van der Waals surface area (Å²) in [5.74, 6) is 0. The van der Waals surface area contributed by atoms with Crippen LogP contribution in [0.5, 0.6) is 0 Å². The van der Waals surface area contributed by atoms with Crippen molar-refractivity contribution in [2.75, 3.05) is 0 Å². The molecule has 3 rings (SSSR count). The first-order valence-electron chi connectivity index (χ1n) is 6.04. The predicted molar refractivity (Wildman–Crippen MR) is 86.2 cm³/mol. The van der Waals surface area contributed by atoms with E-state index in [2.05, 4.69) is 20.9 Å². The molecule has 0 aliphatic rings. The zero-order valence-corrected chi connectivity index (χ0v) is 14.1. The van der Waals surface area contributed by atoms with Gasteiger partial charge >= 0.3 is 0 Å². The summed E-state index contributed by atoms with van der Waals surface area (Å²) < 4.78 is 27.2. The van der Waals surface area contributed by atoms with Crippen molar-refractivity contribution < 1.29 is 8.42 Å². The molecule has 0 radical (unpaired) electrons. The summed E-state index contributed by atoms with van der Waals surface area (Å²) >= 11 is 9.32. The average molecular weight is 386 g/mol. The third kappa shape index (κ3) is 2.37. The summed E-state index contributed by atoms with van der Waals surface area (Å²) in [5, 5.41) is 1.09. The molecule has 0 aliphatic carbocycles. The van der Waals surface area contributed by atoms with E-state index in [1.54, 1.807) is 30.3 Å². The Morgan fingerprint density at radius 3 is 2.52 bits per heavy atom. The van der Waals surface area contributed by atoms with E-state index in [-0.39, 0.29) is 4.90 Å². The van der Waals surface area contributed by atoms with Crippen molar-refractivity contribution in [2.45, 2.75) is 11.8 Å². The molecule has 2 aromatic heterocycles. The van der Waals surface area contributed by atoms with Gasteiger partial charge in [-0.3, -0.25) is 0 Å². The van der Waals surface area contributed by atoms with Gasteiger partial charge in [0.1, 0.15) is 0 Å². The standard InChI is InChI=1S/C14H10BrClN2O2S/c1-9-2-4-10(5-3-9)21(19,20)18-7-6-11-13(15)12(16)8-17-14(11)18/h2-8H,1H3. The maximum Gasteiger partial charge on any atom is 0.269 e. The number of rotatable bonds is 2. The van der Waals surface area contributed by atoms with Gasteiger partial charge in [-0.15, -0.1) is 0 Å². The monoisotopic (exact) mass is 384 g/mol. The van der Waals surface area contributed by atoms with Crippen LogP contribution in [0, 0.1) is 6.92 Å². The van der Waals surface area contributed by atoms with Gasteiger partial charge in [-0.25, -0.2) is 17.4 Å². The number of hydrogen-bond donors (Lipinski definition) is 0. The van der Waals surface area contributed by atoms with E-state index >= 15 is 0 Å². The first kappa shape index (κ1) is 14.6. The zero-order valence-electron chi connectivity index (χ0n) is 10.9. The van der Waals surface area contributed by atoms with Gasteiger partial charge in [-0.1, -0.05) is 29.3 Å². The van der Waals surface area contributed by atoms with Crippen LogP contribution in [0.15, 0.2) is 52.1 Å². The second-order valence-corrected chi connectivity index (χ2v) is 7.60. The summed E-state index contributed by atoms with van der Waals surface area (Å²) in [7, 11) is -3.68. The fourth-order valence-corrected chi connectivity index (χ4v) is 3.89. The highest BCUT2D eigenvalue weighted by atomic mass is 79.9. The van der Waals surface area contributed by atoms with Crippen LogP contribution in [0.4, 0.5) is 0 Å². The molecular formula is C14H10BrClN2O2S. The van der Waals surface area contributed by atoms with Crippen molar-refractivity contribution in [3.63, 3.8) is 0 Å². The Balaban J connectivity index is 2.25. The second-order valence-electron chi connectivity index (χ2n) is 4.59. The van der Waals surface area contributed by atoms with Gasteiger partial charge in [-0.2, -0.15) is 0 Å². The molecule has 1 aromatic carbocycles. The number of halogens is 2. The number of benzene rings is 1. The molecule has 0 N–H and O–H groups in total. The first-order chi connectivity index (χ1) is 9.91. The molecule has 0 fully saturated rings. The second kappa shape index (κ2) is 5.12. The lowest BCUT2D eigenvalue weighted by molar-refractivity contribution is 0.588. The molecule has 0 aliphatic heterocycles. The molecule has 7 heteroatoms. The Morgan fingerprint density at radius 1 is 1.19 bits per heavy atom. The van der Waals surface area contributed by atoms with E-state index in [0.717, 1.165) is 9.54 Å². The summed E-state index contributed by atoms with van der Waals surface area (Å²) in [6.45, 7) is 1.90. The molecule has 0 saturated carbocycles. The van der Waals surface area contributed by atoms with Crippen LogP contribution < -0.4 is 0 Å². The quantitative estimate of drug-likeness (QED) is 0.670.